The summed E-state index contributed by atoms with van der Waals surface area (Å²) in [6, 6.07) is 3.58. The van der Waals surface area contributed by atoms with Crippen LogP contribution in [-0.2, 0) is 7.05 Å². The van der Waals surface area contributed by atoms with Crippen LogP contribution in [0.15, 0.2) is 24.5 Å². The Morgan fingerprint density at radius 3 is 3.00 bits per heavy atom. The first kappa shape index (κ1) is 16.3. The second-order valence-electron chi connectivity index (χ2n) is 6.08. The molecular weight excluding hydrogens is 306 g/mol. The van der Waals surface area contributed by atoms with Gasteiger partial charge in [-0.3, -0.25) is 9.48 Å². The number of nitrogens with one attached hydrogen (secondary N) is 1. The van der Waals surface area contributed by atoms with Gasteiger partial charge in [-0.15, -0.1) is 0 Å². The van der Waals surface area contributed by atoms with E-state index in [9.17, 15) is 4.79 Å². The van der Waals surface area contributed by atoms with Crippen molar-refractivity contribution in [1.29, 1.82) is 0 Å². The highest BCUT2D eigenvalue weighted by atomic mass is 16.1. The van der Waals surface area contributed by atoms with Crippen LogP contribution in [0.3, 0.4) is 0 Å². The number of hydrogen-bond acceptors (Lipinski definition) is 6. The molecule has 1 fully saturated rings. The van der Waals surface area contributed by atoms with Crippen LogP contribution < -0.4 is 21.7 Å². The molecule has 0 unspecified atom stereocenters. The van der Waals surface area contributed by atoms with E-state index in [0.717, 1.165) is 38.2 Å². The van der Waals surface area contributed by atoms with E-state index in [1.165, 1.54) is 0 Å². The molecule has 0 aliphatic carbocycles. The molecule has 1 amide bonds. The van der Waals surface area contributed by atoms with Gasteiger partial charge in [-0.25, -0.2) is 4.98 Å². The molecule has 0 bridgehead atoms. The van der Waals surface area contributed by atoms with Gasteiger partial charge in [0.05, 0.1) is 11.9 Å². The summed E-state index contributed by atoms with van der Waals surface area (Å²) in [5.41, 5.74) is 13.1. The fraction of sp³-hybridized carbons (Fsp3) is 0.438. The number of amides is 1. The van der Waals surface area contributed by atoms with Crippen LogP contribution in [0.1, 0.15) is 29.8 Å². The molecule has 0 radical (unpaired) electrons. The SMILES string of the molecule is Cn1ncc(NC(=O)c2ncccc2N)c1N1CCC[C@@H](N)CC1. The average Bonchev–Trinajstić information content (AvgIpc) is 2.77. The average molecular weight is 329 g/mol. The van der Waals surface area contributed by atoms with Crippen molar-refractivity contribution in [2.24, 2.45) is 12.8 Å². The van der Waals surface area contributed by atoms with Gasteiger partial charge in [-0.2, -0.15) is 5.10 Å². The maximum Gasteiger partial charge on any atom is 0.276 e. The van der Waals surface area contributed by atoms with Gasteiger partial charge in [0.15, 0.2) is 11.5 Å². The topological polar surface area (TPSA) is 115 Å². The van der Waals surface area contributed by atoms with Crippen molar-refractivity contribution in [1.82, 2.24) is 14.8 Å². The molecule has 3 heterocycles. The van der Waals surface area contributed by atoms with Gasteiger partial charge < -0.3 is 21.7 Å². The number of hydrogen-bond donors (Lipinski definition) is 3. The highest BCUT2D eigenvalue weighted by molar-refractivity contribution is 6.07. The minimum atomic E-state index is -0.339. The van der Waals surface area contributed by atoms with Crippen molar-refractivity contribution in [2.45, 2.75) is 25.3 Å². The first-order chi connectivity index (χ1) is 11.6. The second-order valence-corrected chi connectivity index (χ2v) is 6.08. The number of nitrogen functional groups attached to an aromatic ring is 1. The Morgan fingerprint density at radius 1 is 1.38 bits per heavy atom. The Balaban J connectivity index is 1.82. The predicted octanol–water partition coefficient (Wildman–Crippen LogP) is 0.967. The first-order valence-electron chi connectivity index (χ1n) is 8.10. The molecular formula is C16H23N7O. The molecule has 0 spiro atoms. The number of pyridine rings is 1. The van der Waals surface area contributed by atoms with Crippen LogP contribution in [0.25, 0.3) is 0 Å². The molecule has 5 N–H and O–H groups in total. The van der Waals surface area contributed by atoms with E-state index < -0.39 is 0 Å². The van der Waals surface area contributed by atoms with Crippen molar-refractivity contribution in [2.75, 3.05) is 29.0 Å². The fourth-order valence-corrected chi connectivity index (χ4v) is 3.02. The molecule has 1 aliphatic heterocycles. The third-order valence-corrected chi connectivity index (χ3v) is 4.28. The molecule has 2 aromatic heterocycles. The summed E-state index contributed by atoms with van der Waals surface area (Å²) in [5.74, 6) is 0.542. The normalized spacial score (nSPS) is 18.2. The third kappa shape index (κ3) is 3.33. The Hall–Kier alpha value is -2.61. The zero-order valence-electron chi connectivity index (χ0n) is 13.8. The van der Waals surface area contributed by atoms with Crippen molar-refractivity contribution in [3.63, 3.8) is 0 Å². The third-order valence-electron chi connectivity index (χ3n) is 4.28. The van der Waals surface area contributed by atoms with Crippen LogP contribution >= 0.6 is 0 Å². The summed E-state index contributed by atoms with van der Waals surface area (Å²) in [6.45, 7) is 1.73. The number of nitrogens with zero attached hydrogens (tertiary/aromatic N) is 4. The van der Waals surface area contributed by atoms with E-state index in [1.807, 2.05) is 7.05 Å². The molecule has 1 aliphatic rings. The van der Waals surface area contributed by atoms with E-state index >= 15 is 0 Å². The minimum Gasteiger partial charge on any atom is -0.397 e. The smallest absolute Gasteiger partial charge is 0.276 e. The second kappa shape index (κ2) is 6.88. The standard InChI is InChI=1S/C16H23N7O/c1-22-16(23-8-3-4-11(17)6-9-23)13(10-20-22)21-15(24)14-12(18)5-2-7-19-14/h2,5,7,10-11H,3-4,6,8-9,17-18H2,1H3,(H,21,24)/t11-/m1/s1. The van der Waals surface area contributed by atoms with Crippen LogP contribution in [0.5, 0.6) is 0 Å². The Labute approximate surface area is 140 Å². The summed E-state index contributed by atoms with van der Waals surface area (Å²) < 4.78 is 1.77. The number of nitrogens with two attached hydrogens (primary N) is 2. The van der Waals surface area contributed by atoms with Gasteiger partial charge in [0, 0.05) is 32.4 Å². The minimum absolute atomic E-state index is 0.213. The van der Waals surface area contributed by atoms with Gasteiger partial charge in [0.25, 0.3) is 5.91 Å². The summed E-state index contributed by atoms with van der Waals surface area (Å²) in [6.07, 6.45) is 6.15. The molecule has 2 aromatic rings. The quantitative estimate of drug-likeness (QED) is 0.773. The number of rotatable bonds is 3. The molecule has 3 rings (SSSR count). The fourth-order valence-electron chi connectivity index (χ4n) is 3.02. The van der Waals surface area contributed by atoms with Crippen LogP contribution in [0.4, 0.5) is 17.2 Å². The first-order valence-corrected chi connectivity index (χ1v) is 8.10. The maximum atomic E-state index is 12.5. The highest BCUT2D eigenvalue weighted by Gasteiger charge is 2.22. The molecule has 8 heteroatoms. The highest BCUT2D eigenvalue weighted by Crippen LogP contribution is 2.28. The maximum absolute atomic E-state index is 12.5. The van der Waals surface area contributed by atoms with Crippen molar-refractivity contribution in [3.05, 3.63) is 30.2 Å². The van der Waals surface area contributed by atoms with E-state index in [0.29, 0.717) is 11.4 Å². The zero-order valence-corrected chi connectivity index (χ0v) is 13.8. The van der Waals surface area contributed by atoms with Crippen molar-refractivity contribution < 1.29 is 4.79 Å². The Bertz CT molecular complexity index is 727. The van der Waals surface area contributed by atoms with Gasteiger partial charge in [0.2, 0.25) is 0 Å². The summed E-state index contributed by atoms with van der Waals surface area (Å²) in [7, 11) is 1.87. The van der Waals surface area contributed by atoms with Crippen molar-refractivity contribution in [3.8, 4) is 0 Å². The summed E-state index contributed by atoms with van der Waals surface area (Å²) >= 11 is 0. The van der Waals surface area contributed by atoms with Crippen LogP contribution in [-0.4, -0.2) is 39.8 Å². The number of anilines is 3. The number of carbonyl (C=O) groups is 1. The predicted molar refractivity (Wildman–Crippen MR) is 93.9 cm³/mol. The van der Waals surface area contributed by atoms with Gasteiger partial charge in [-0.1, -0.05) is 0 Å². The molecule has 0 saturated carbocycles. The Kier molecular flexibility index (Phi) is 4.66. The Morgan fingerprint density at radius 2 is 2.21 bits per heavy atom. The lowest BCUT2D eigenvalue weighted by molar-refractivity contribution is 0.102. The van der Waals surface area contributed by atoms with E-state index in [1.54, 1.807) is 29.2 Å². The van der Waals surface area contributed by atoms with E-state index in [-0.39, 0.29) is 17.6 Å². The molecule has 8 nitrogen and oxygen atoms in total. The molecule has 1 atom stereocenters. The molecule has 1 saturated heterocycles. The van der Waals surface area contributed by atoms with E-state index in [4.69, 9.17) is 11.5 Å². The number of carbonyl (C=O) groups excluding carboxylic acids is 1. The lowest BCUT2D eigenvalue weighted by Crippen LogP contribution is -2.29. The summed E-state index contributed by atoms with van der Waals surface area (Å²) in [4.78, 5) is 18.7. The largest absolute Gasteiger partial charge is 0.397 e. The van der Waals surface area contributed by atoms with Gasteiger partial charge in [0.1, 0.15) is 5.69 Å². The zero-order chi connectivity index (χ0) is 17.1. The summed E-state index contributed by atoms with van der Waals surface area (Å²) in [5, 5.41) is 7.17. The van der Waals surface area contributed by atoms with E-state index in [2.05, 4.69) is 20.3 Å². The lowest BCUT2D eigenvalue weighted by atomic mass is 10.1. The van der Waals surface area contributed by atoms with Crippen molar-refractivity contribution >= 4 is 23.1 Å². The molecule has 0 aromatic carbocycles. The number of aryl methyl sites for hydroxylation is 1. The molecule has 24 heavy (non-hydrogen) atoms. The van der Waals surface area contributed by atoms with Gasteiger partial charge >= 0.3 is 0 Å². The van der Waals surface area contributed by atoms with Crippen LogP contribution in [0, 0.1) is 0 Å². The van der Waals surface area contributed by atoms with Gasteiger partial charge in [-0.05, 0) is 31.4 Å². The number of aromatic nitrogens is 3. The monoisotopic (exact) mass is 329 g/mol. The molecule has 128 valence electrons. The van der Waals surface area contributed by atoms with Crippen LogP contribution in [0.2, 0.25) is 0 Å². The lowest BCUT2D eigenvalue weighted by Gasteiger charge is -2.24.